The Morgan fingerprint density at radius 3 is 2.64 bits per heavy atom. The number of nitrogens with zero attached hydrogens (tertiary/aromatic N) is 2. The summed E-state index contributed by atoms with van der Waals surface area (Å²) in [7, 11) is 1.53. The number of hydrazine groups is 1. The summed E-state index contributed by atoms with van der Waals surface area (Å²) < 4.78 is 45.0. The maximum absolute atomic E-state index is 12.7. The van der Waals surface area contributed by atoms with Crippen molar-refractivity contribution in [1.82, 2.24) is 15.2 Å². The van der Waals surface area contributed by atoms with Gasteiger partial charge >= 0.3 is 6.18 Å². The smallest absolute Gasteiger partial charge is 0.416 e. The van der Waals surface area contributed by atoms with Crippen LogP contribution < -0.4 is 15.6 Å². The summed E-state index contributed by atoms with van der Waals surface area (Å²) in [5, 5.41) is 4.20. The Balaban J connectivity index is 1.73. The molecule has 0 spiro atoms. The van der Waals surface area contributed by atoms with Crippen molar-refractivity contribution in [1.29, 1.82) is 0 Å². The molecule has 0 saturated carbocycles. The zero-order valence-corrected chi connectivity index (χ0v) is 15.0. The number of benzene rings is 2. The molecule has 1 aromatic heterocycles. The van der Waals surface area contributed by atoms with E-state index in [0.29, 0.717) is 11.4 Å². The molecule has 3 aromatic rings. The van der Waals surface area contributed by atoms with Crippen molar-refractivity contribution in [2.24, 2.45) is 0 Å². The van der Waals surface area contributed by atoms with E-state index < -0.39 is 17.6 Å². The molecule has 0 aliphatic heterocycles. The fourth-order valence-electron chi connectivity index (χ4n) is 2.52. The second-order valence-electron chi connectivity index (χ2n) is 5.98. The first-order valence-electron chi connectivity index (χ1n) is 8.22. The summed E-state index contributed by atoms with van der Waals surface area (Å²) in [5.74, 6) is -0.00877. The Hall–Kier alpha value is -3.49. The number of rotatable bonds is 5. The van der Waals surface area contributed by atoms with Crippen molar-refractivity contribution < 1.29 is 22.7 Å². The summed E-state index contributed by atoms with van der Waals surface area (Å²) in [5.41, 5.74) is 5.82. The molecule has 0 fully saturated rings. The minimum atomic E-state index is -4.46. The molecule has 0 radical (unpaired) electrons. The fourth-order valence-corrected chi connectivity index (χ4v) is 2.52. The molecule has 0 aliphatic carbocycles. The summed E-state index contributed by atoms with van der Waals surface area (Å²) in [4.78, 5) is 12.3. The van der Waals surface area contributed by atoms with E-state index >= 15 is 0 Å². The van der Waals surface area contributed by atoms with Gasteiger partial charge in [-0.2, -0.15) is 18.3 Å². The van der Waals surface area contributed by atoms with Crippen molar-refractivity contribution >= 4 is 11.6 Å². The van der Waals surface area contributed by atoms with Gasteiger partial charge in [0.15, 0.2) is 5.69 Å². The Morgan fingerprint density at radius 2 is 1.93 bits per heavy atom. The second-order valence-corrected chi connectivity index (χ2v) is 5.98. The third-order valence-electron chi connectivity index (χ3n) is 3.91. The van der Waals surface area contributed by atoms with E-state index in [2.05, 4.69) is 16.0 Å². The first kappa shape index (κ1) is 19.3. The van der Waals surface area contributed by atoms with Crippen molar-refractivity contribution in [3.8, 4) is 11.4 Å². The number of nitrogens with one attached hydrogen (secondary N) is 2. The number of anilines is 1. The molecule has 1 amide bonds. The largest absolute Gasteiger partial charge is 0.494 e. The molecule has 0 bridgehead atoms. The van der Waals surface area contributed by atoms with Crippen LogP contribution in [0.4, 0.5) is 18.9 Å². The van der Waals surface area contributed by atoms with Gasteiger partial charge in [-0.25, -0.2) is 4.68 Å². The van der Waals surface area contributed by atoms with E-state index in [9.17, 15) is 18.0 Å². The number of carbonyl (C=O) groups is 1. The van der Waals surface area contributed by atoms with Crippen LogP contribution in [0.1, 0.15) is 21.6 Å². The number of aryl methyl sites for hydroxylation is 1. The zero-order valence-electron chi connectivity index (χ0n) is 15.0. The zero-order chi connectivity index (χ0) is 20.3. The van der Waals surface area contributed by atoms with Gasteiger partial charge in [0.2, 0.25) is 0 Å². The number of amides is 1. The van der Waals surface area contributed by atoms with Crippen molar-refractivity contribution in [2.45, 2.75) is 13.1 Å². The van der Waals surface area contributed by atoms with Crippen molar-refractivity contribution in [3.63, 3.8) is 0 Å². The summed E-state index contributed by atoms with van der Waals surface area (Å²) in [6, 6.07) is 11.5. The van der Waals surface area contributed by atoms with Gasteiger partial charge in [-0.05, 0) is 48.9 Å². The van der Waals surface area contributed by atoms with Gasteiger partial charge in [-0.3, -0.25) is 15.6 Å². The van der Waals surface area contributed by atoms with Crippen LogP contribution in [0, 0.1) is 6.92 Å². The third-order valence-corrected chi connectivity index (χ3v) is 3.91. The highest BCUT2D eigenvalue weighted by Gasteiger charge is 2.30. The number of hydrogen-bond donors (Lipinski definition) is 2. The molecule has 0 saturated heterocycles. The molecule has 9 heteroatoms. The highest BCUT2D eigenvalue weighted by Crippen LogP contribution is 2.30. The average Bonchev–Trinajstić information content (AvgIpc) is 3.16. The van der Waals surface area contributed by atoms with Gasteiger partial charge in [-0.15, -0.1) is 0 Å². The normalized spacial score (nSPS) is 11.2. The van der Waals surface area contributed by atoms with Crippen molar-refractivity contribution in [2.75, 3.05) is 12.5 Å². The number of hydrogen-bond acceptors (Lipinski definition) is 4. The molecule has 2 aromatic carbocycles. The molecule has 28 heavy (non-hydrogen) atoms. The van der Waals surface area contributed by atoms with E-state index in [1.54, 1.807) is 12.3 Å². The minimum Gasteiger partial charge on any atom is -0.494 e. The summed E-state index contributed by atoms with van der Waals surface area (Å²) >= 11 is 0. The topological polar surface area (TPSA) is 68.2 Å². The number of ether oxygens (including phenoxy) is 1. The molecule has 2 N–H and O–H groups in total. The predicted octanol–water partition coefficient (Wildman–Crippen LogP) is 3.97. The van der Waals surface area contributed by atoms with E-state index in [-0.39, 0.29) is 11.4 Å². The van der Waals surface area contributed by atoms with Crippen LogP contribution in [0.5, 0.6) is 5.75 Å². The first-order chi connectivity index (χ1) is 13.3. The first-order valence-corrected chi connectivity index (χ1v) is 8.22. The Kier molecular flexibility index (Phi) is 5.25. The van der Waals surface area contributed by atoms with Crippen molar-refractivity contribution in [3.05, 3.63) is 71.5 Å². The number of methoxy groups -OCH3 is 1. The SMILES string of the molecule is COc1ccc(C)cc1-n1ccc(C(=O)NNc2cccc(C(F)(F)F)c2)n1. The lowest BCUT2D eigenvalue weighted by atomic mass is 10.2. The Morgan fingerprint density at radius 1 is 1.14 bits per heavy atom. The van der Waals surface area contributed by atoms with Gasteiger partial charge in [-0.1, -0.05) is 12.1 Å². The van der Waals surface area contributed by atoms with Crippen LogP contribution >= 0.6 is 0 Å². The predicted molar refractivity (Wildman–Crippen MR) is 97.4 cm³/mol. The highest BCUT2D eigenvalue weighted by atomic mass is 19.4. The van der Waals surface area contributed by atoms with E-state index in [4.69, 9.17) is 4.74 Å². The summed E-state index contributed by atoms with van der Waals surface area (Å²) in [6.07, 6.45) is -2.87. The molecule has 6 nitrogen and oxygen atoms in total. The second kappa shape index (κ2) is 7.63. The lowest BCUT2D eigenvalue weighted by Crippen LogP contribution is -2.30. The lowest BCUT2D eigenvalue weighted by Gasteiger charge is -2.11. The maximum atomic E-state index is 12.7. The van der Waals surface area contributed by atoms with Crippen LogP contribution in [-0.2, 0) is 6.18 Å². The highest BCUT2D eigenvalue weighted by molar-refractivity contribution is 5.93. The number of aromatic nitrogens is 2. The van der Waals surface area contributed by atoms with Gasteiger partial charge in [0.05, 0.1) is 18.4 Å². The molecule has 146 valence electrons. The Bertz CT molecular complexity index is 999. The number of halogens is 3. The lowest BCUT2D eigenvalue weighted by molar-refractivity contribution is -0.137. The van der Waals surface area contributed by atoms with Crippen LogP contribution in [0.2, 0.25) is 0 Å². The third kappa shape index (κ3) is 4.25. The molecular formula is C19H17F3N4O2. The fraction of sp³-hybridized carbons (Fsp3) is 0.158. The minimum absolute atomic E-state index is 0.0861. The van der Waals surface area contributed by atoms with Crippen LogP contribution in [-0.4, -0.2) is 22.8 Å². The van der Waals surface area contributed by atoms with Crippen LogP contribution in [0.3, 0.4) is 0 Å². The Labute approximate surface area is 158 Å². The quantitative estimate of drug-likeness (QED) is 0.647. The van der Waals surface area contributed by atoms with Crippen LogP contribution in [0.15, 0.2) is 54.7 Å². The van der Waals surface area contributed by atoms with Gasteiger partial charge in [0, 0.05) is 6.20 Å². The van der Waals surface area contributed by atoms with Crippen LogP contribution in [0.25, 0.3) is 5.69 Å². The maximum Gasteiger partial charge on any atom is 0.416 e. The monoisotopic (exact) mass is 390 g/mol. The van der Waals surface area contributed by atoms with E-state index in [1.165, 1.54) is 30.0 Å². The molecular weight excluding hydrogens is 373 g/mol. The van der Waals surface area contributed by atoms with E-state index in [1.807, 2.05) is 19.1 Å². The molecule has 1 heterocycles. The number of alkyl halides is 3. The van der Waals surface area contributed by atoms with E-state index in [0.717, 1.165) is 17.7 Å². The summed E-state index contributed by atoms with van der Waals surface area (Å²) in [6.45, 7) is 1.92. The molecule has 0 unspecified atom stereocenters. The van der Waals surface area contributed by atoms with Gasteiger partial charge < -0.3 is 4.74 Å². The van der Waals surface area contributed by atoms with Gasteiger partial charge in [0.25, 0.3) is 5.91 Å². The molecule has 0 atom stereocenters. The van der Waals surface area contributed by atoms with Gasteiger partial charge in [0.1, 0.15) is 11.4 Å². The number of carbonyl (C=O) groups excluding carboxylic acids is 1. The average molecular weight is 390 g/mol. The molecule has 0 aliphatic rings. The standard InChI is InChI=1S/C19H17F3N4O2/c1-12-6-7-17(28-2)16(10-12)26-9-8-15(25-26)18(27)24-23-14-5-3-4-13(11-14)19(20,21)22/h3-11,23H,1-2H3,(H,24,27). The molecule has 3 rings (SSSR count).